The van der Waals surface area contributed by atoms with Gasteiger partial charge in [-0.15, -0.1) is 0 Å². The number of halogens is 2. The van der Waals surface area contributed by atoms with Crippen molar-refractivity contribution in [1.82, 2.24) is 9.97 Å². The minimum absolute atomic E-state index is 0.252. The van der Waals surface area contributed by atoms with E-state index in [-0.39, 0.29) is 5.82 Å². The third-order valence-electron chi connectivity index (χ3n) is 3.57. The van der Waals surface area contributed by atoms with Gasteiger partial charge < -0.3 is 5.32 Å². The van der Waals surface area contributed by atoms with Crippen LogP contribution in [0.5, 0.6) is 0 Å². The molecule has 0 fully saturated rings. The molecule has 1 aromatic carbocycles. The van der Waals surface area contributed by atoms with E-state index in [0.29, 0.717) is 11.1 Å². The van der Waals surface area contributed by atoms with Gasteiger partial charge in [0.25, 0.3) is 0 Å². The lowest BCUT2D eigenvalue weighted by Gasteiger charge is -2.17. The Morgan fingerprint density at radius 3 is 2.80 bits per heavy atom. The van der Waals surface area contributed by atoms with E-state index < -0.39 is 0 Å². The lowest BCUT2D eigenvalue weighted by Crippen LogP contribution is -2.10. The van der Waals surface area contributed by atoms with Gasteiger partial charge in [-0.25, -0.2) is 14.4 Å². The van der Waals surface area contributed by atoms with Gasteiger partial charge in [0.2, 0.25) is 5.95 Å². The number of rotatable bonds is 2. The number of benzene rings is 1. The second kappa shape index (κ2) is 5.37. The van der Waals surface area contributed by atoms with Crippen molar-refractivity contribution in [3.8, 4) is 0 Å². The van der Waals surface area contributed by atoms with Gasteiger partial charge in [0.15, 0.2) is 0 Å². The number of aromatic nitrogens is 2. The average molecular weight is 292 g/mol. The van der Waals surface area contributed by atoms with Crippen LogP contribution in [-0.4, -0.2) is 9.97 Å². The van der Waals surface area contributed by atoms with E-state index in [4.69, 9.17) is 11.6 Å². The molecule has 0 unspecified atom stereocenters. The number of hydrogen-bond donors (Lipinski definition) is 1. The van der Waals surface area contributed by atoms with E-state index in [1.54, 1.807) is 6.07 Å². The molecule has 1 aromatic heterocycles. The summed E-state index contributed by atoms with van der Waals surface area (Å²) in [6.45, 7) is 1.84. The Morgan fingerprint density at radius 1 is 1.20 bits per heavy atom. The summed E-state index contributed by atoms with van der Waals surface area (Å²) in [6.07, 6.45) is 4.16. The molecule has 20 heavy (non-hydrogen) atoms. The fourth-order valence-corrected chi connectivity index (χ4v) is 2.78. The van der Waals surface area contributed by atoms with Crippen LogP contribution < -0.4 is 5.32 Å². The largest absolute Gasteiger partial charge is 0.324 e. The van der Waals surface area contributed by atoms with E-state index in [1.807, 2.05) is 6.92 Å². The van der Waals surface area contributed by atoms with Crippen LogP contribution in [0.25, 0.3) is 0 Å². The van der Waals surface area contributed by atoms with Crippen LogP contribution in [0.1, 0.15) is 29.7 Å². The van der Waals surface area contributed by atoms with Crippen molar-refractivity contribution in [2.45, 2.75) is 32.6 Å². The third kappa shape index (κ3) is 2.61. The molecule has 0 spiro atoms. The van der Waals surface area contributed by atoms with Gasteiger partial charge in [-0.1, -0.05) is 11.6 Å². The number of hydrogen-bond acceptors (Lipinski definition) is 3. The summed E-state index contributed by atoms with van der Waals surface area (Å²) in [7, 11) is 0. The maximum Gasteiger partial charge on any atom is 0.228 e. The zero-order valence-corrected chi connectivity index (χ0v) is 12.0. The standard InChI is InChI=1S/C15H15ClFN3/c1-9-8-10(17)6-7-12(9)18-15-19-13-5-3-2-4-11(13)14(16)20-15/h6-8H,2-5H2,1H3,(H,18,19,20). The topological polar surface area (TPSA) is 37.8 Å². The van der Waals surface area contributed by atoms with E-state index in [0.717, 1.165) is 48.2 Å². The summed E-state index contributed by atoms with van der Waals surface area (Å²) < 4.78 is 13.1. The van der Waals surface area contributed by atoms with Crippen molar-refractivity contribution in [3.63, 3.8) is 0 Å². The molecular weight excluding hydrogens is 277 g/mol. The molecule has 0 aliphatic heterocycles. The Labute approximate surface area is 122 Å². The highest BCUT2D eigenvalue weighted by molar-refractivity contribution is 6.30. The van der Waals surface area contributed by atoms with Crippen LogP contribution >= 0.6 is 11.6 Å². The van der Waals surface area contributed by atoms with E-state index >= 15 is 0 Å². The van der Waals surface area contributed by atoms with Crippen LogP contribution in [0.3, 0.4) is 0 Å². The fourth-order valence-electron chi connectivity index (χ4n) is 2.49. The van der Waals surface area contributed by atoms with Gasteiger partial charge in [0, 0.05) is 11.3 Å². The van der Waals surface area contributed by atoms with Gasteiger partial charge in [-0.3, -0.25) is 0 Å². The number of anilines is 2. The maximum absolute atomic E-state index is 13.1. The molecule has 1 aliphatic carbocycles. The first-order chi connectivity index (χ1) is 9.63. The first-order valence-electron chi connectivity index (χ1n) is 6.72. The predicted molar refractivity (Wildman–Crippen MR) is 78.1 cm³/mol. The molecule has 104 valence electrons. The van der Waals surface area contributed by atoms with Gasteiger partial charge >= 0.3 is 0 Å². The Morgan fingerprint density at radius 2 is 2.00 bits per heavy atom. The zero-order chi connectivity index (χ0) is 14.1. The van der Waals surface area contributed by atoms with Crippen molar-refractivity contribution in [2.75, 3.05) is 5.32 Å². The first kappa shape index (κ1) is 13.3. The predicted octanol–water partition coefficient (Wildman–Crippen LogP) is 4.20. The molecule has 0 saturated carbocycles. The van der Waals surface area contributed by atoms with Gasteiger partial charge in [0.1, 0.15) is 11.0 Å². The molecule has 2 aromatic rings. The molecule has 3 rings (SSSR count). The summed E-state index contributed by atoms with van der Waals surface area (Å²) in [5, 5.41) is 3.64. The Kier molecular flexibility index (Phi) is 3.57. The fraction of sp³-hybridized carbons (Fsp3) is 0.333. The molecule has 0 saturated heterocycles. The van der Waals surface area contributed by atoms with E-state index in [9.17, 15) is 4.39 Å². The summed E-state index contributed by atoms with van der Waals surface area (Å²) in [5.74, 6) is 0.225. The van der Waals surface area contributed by atoms with E-state index in [2.05, 4.69) is 15.3 Å². The van der Waals surface area contributed by atoms with Crippen molar-refractivity contribution in [1.29, 1.82) is 0 Å². The van der Waals surface area contributed by atoms with Crippen LogP contribution in [0.2, 0.25) is 5.15 Å². The monoisotopic (exact) mass is 291 g/mol. The highest BCUT2D eigenvalue weighted by Gasteiger charge is 2.16. The van der Waals surface area contributed by atoms with Gasteiger partial charge in [-0.05, 0) is 56.4 Å². The molecule has 1 heterocycles. The van der Waals surface area contributed by atoms with Gasteiger partial charge in [0.05, 0.1) is 5.69 Å². The smallest absolute Gasteiger partial charge is 0.228 e. The molecule has 3 nitrogen and oxygen atoms in total. The summed E-state index contributed by atoms with van der Waals surface area (Å²) in [5.41, 5.74) is 3.69. The average Bonchev–Trinajstić information content (AvgIpc) is 2.42. The molecule has 1 aliphatic rings. The quantitative estimate of drug-likeness (QED) is 0.843. The summed E-state index contributed by atoms with van der Waals surface area (Å²) in [4.78, 5) is 8.83. The minimum atomic E-state index is -0.252. The number of fused-ring (bicyclic) bond motifs is 1. The number of nitrogens with zero attached hydrogens (tertiary/aromatic N) is 2. The van der Waals surface area contributed by atoms with Crippen molar-refractivity contribution >= 4 is 23.2 Å². The van der Waals surface area contributed by atoms with Crippen LogP contribution in [0, 0.1) is 12.7 Å². The highest BCUT2D eigenvalue weighted by atomic mass is 35.5. The first-order valence-corrected chi connectivity index (χ1v) is 7.10. The Balaban J connectivity index is 1.93. The van der Waals surface area contributed by atoms with E-state index in [1.165, 1.54) is 12.1 Å². The molecule has 0 amide bonds. The SMILES string of the molecule is Cc1cc(F)ccc1Nc1nc(Cl)c2c(n1)CCCC2. The lowest BCUT2D eigenvalue weighted by atomic mass is 9.97. The third-order valence-corrected chi connectivity index (χ3v) is 3.88. The number of aryl methyl sites for hydroxylation is 2. The normalized spacial score (nSPS) is 13.9. The summed E-state index contributed by atoms with van der Waals surface area (Å²) in [6, 6.07) is 4.57. The molecular formula is C15H15ClFN3. The van der Waals surface area contributed by atoms with Crippen LogP contribution in [0.15, 0.2) is 18.2 Å². The molecule has 0 radical (unpaired) electrons. The second-order valence-corrected chi connectivity index (χ2v) is 5.41. The zero-order valence-electron chi connectivity index (χ0n) is 11.2. The summed E-state index contributed by atoms with van der Waals surface area (Å²) >= 11 is 6.23. The van der Waals surface area contributed by atoms with Crippen molar-refractivity contribution in [2.24, 2.45) is 0 Å². The second-order valence-electron chi connectivity index (χ2n) is 5.05. The number of nitrogens with one attached hydrogen (secondary N) is 1. The van der Waals surface area contributed by atoms with Crippen molar-refractivity contribution in [3.05, 3.63) is 46.0 Å². The maximum atomic E-state index is 13.1. The lowest BCUT2D eigenvalue weighted by molar-refractivity contribution is 0.627. The Bertz CT molecular complexity index is 658. The molecule has 5 heteroatoms. The van der Waals surface area contributed by atoms with Gasteiger partial charge in [-0.2, -0.15) is 0 Å². The highest BCUT2D eigenvalue weighted by Crippen LogP contribution is 2.28. The van der Waals surface area contributed by atoms with Crippen LogP contribution in [-0.2, 0) is 12.8 Å². The van der Waals surface area contributed by atoms with Crippen molar-refractivity contribution < 1.29 is 4.39 Å². The molecule has 1 N–H and O–H groups in total. The Hall–Kier alpha value is -1.68. The molecule has 0 atom stereocenters. The molecule has 0 bridgehead atoms. The minimum Gasteiger partial charge on any atom is -0.324 e. The van der Waals surface area contributed by atoms with Crippen LogP contribution in [0.4, 0.5) is 16.0 Å².